The number of halogens is 1. The van der Waals surface area contributed by atoms with Gasteiger partial charge in [0.1, 0.15) is 5.82 Å². The second-order valence-electron chi connectivity index (χ2n) is 10.9. The lowest BCUT2D eigenvalue weighted by Crippen LogP contribution is -2.63. The molecule has 6 fully saturated rings. The smallest absolute Gasteiger partial charge is 0.317 e. The van der Waals surface area contributed by atoms with Crippen molar-refractivity contribution in [2.45, 2.75) is 61.8 Å². The maximum Gasteiger partial charge on any atom is 0.317 e. The van der Waals surface area contributed by atoms with Crippen LogP contribution in [0.5, 0.6) is 0 Å². The molecular weight excluding hydrogens is 425 g/mol. The largest absolute Gasteiger partial charge is 0.333 e. The van der Waals surface area contributed by atoms with Crippen molar-refractivity contribution in [3.63, 3.8) is 0 Å². The van der Waals surface area contributed by atoms with E-state index in [0.29, 0.717) is 25.2 Å². The highest BCUT2D eigenvalue weighted by Gasteiger charge is 2.52. The van der Waals surface area contributed by atoms with Crippen LogP contribution >= 0.6 is 11.8 Å². The van der Waals surface area contributed by atoms with Crippen molar-refractivity contribution in [1.82, 2.24) is 15.1 Å². The lowest BCUT2D eigenvalue weighted by Gasteiger charge is -2.57. The summed E-state index contributed by atoms with van der Waals surface area (Å²) in [6.07, 6.45) is 9.13. The quantitative estimate of drug-likeness (QED) is 0.712. The Labute approximate surface area is 193 Å². The van der Waals surface area contributed by atoms with Crippen molar-refractivity contribution in [3.8, 4) is 0 Å². The minimum atomic E-state index is -0.382. The molecule has 4 aliphatic carbocycles. The van der Waals surface area contributed by atoms with E-state index in [-0.39, 0.29) is 28.2 Å². The Morgan fingerprint density at radius 2 is 1.66 bits per heavy atom. The summed E-state index contributed by atoms with van der Waals surface area (Å²) in [4.78, 5) is 30.0. The maximum absolute atomic E-state index is 13.7. The van der Waals surface area contributed by atoms with Crippen molar-refractivity contribution in [2.24, 2.45) is 17.8 Å². The van der Waals surface area contributed by atoms with Gasteiger partial charge in [-0.25, -0.2) is 9.18 Å². The number of amides is 3. The van der Waals surface area contributed by atoms with Crippen LogP contribution in [0.1, 0.15) is 61.7 Å². The Morgan fingerprint density at radius 3 is 2.28 bits per heavy atom. The van der Waals surface area contributed by atoms with Gasteiger partial charge in [-0.2, -0.15) is 0 Å². The molecule has 1 spiro atoms. The molecular formula is C25H32FN3O2S. The number of benzene rings is 1. The zero-order chi connectivity index (χ0) is 21.9. The van der Waals surface area contributed by atoms with Crippen molar-refractivity contribution in [3.05, 3.63) is 35.6 Å². The summed E-state index contributed by atoms with van der Waals surface area (Å²) < 4.78 is 13.7. The van der Waals surface area contributed by atoms with Gasteiger partial charge in [0.15, 0.2) is 0 Å². The van der Waals surface area contributed by atoms with Crippen LogP contribution in [0.2, 0.25) is 0 Å². The molecule has 2 heterocycles. The van der Waals surface area contributed by atoms with Gasteiger partial charge in [0, 0.05) is 36.5 Å². The van der Waals surface area contributed by atoms with E-state index in [0.717, 1.165) is 55.6 Å². The highest BCUT2D eigenvalue weighted by atomic mass is 32.2. The molecule has 0 unspecified atom stereocenters. The fourth-order valence-corrected chi connectivity index (χ4v) is 9.17. The second-order valence-corrected chi connectivity index (χ2v) is 12.3. The number of hydrogen-bond donors (Lipinski definition) is 1. The third-order valence-electron chi connectivity index (χ3n) is 8.74. The molecule has 0 aromatic heterocycles. The first-order valence-corrected chi connectivity index (χ1v) is 13.2. The summed E-state index contributed by atoms with van der Waals surface area (Å²) in [5.41, 5.74) is 0.441. The summed E-state index contributed by atoms with van der Waals surface area (Å²) in [6.45, 7) is 2.01. The van der Waals surface area contributed by atoms with E-state index >= 15 is 0 Å². The normalized spacial score (nSPS) is 34.8. The number of thioether (sulfide) groups is 1. The number of piperidine rings is 1. The monoisotopic (exact) mass is 457 g/mol. The molecule has 0 atom stereocenters. The Hall–Kier alpha value is -1.76. The van der Waals surface area contributed by atoms with Gasteiger partial charge in [-0.05, 0) is 87.3 Å². The third kappa shape index (κ3) is 3.51. The predicted molar refractivity (Wildman–Crippen MR) is 123 cm³/mol. The standard InChI is InChI=1S/C25H32FN3O2S/c26-21-3-1-2-20(13-21)22(30)29-8-9-32-25(29)4-6-28(7-5-25)23(31)27-24-14-17-10-18(15-24)12-19(11-17)16-24/h1-3,13,17-19H,4-12,14-16H2,(H,27,31). The summed E-state index contributed by atoms with van der Waals surface area (Å²) in [5, 5.41) is 3.50. The van der Waals surface area contributed by atoms with E-state index in [4.69, 9.17) is 0 Å². The number of carbonyl (C=O) groups is 2. The van der Waals surface area contributed by atoms with Crippen molar-refractivity contribution in [1.29, 1.82) is 0 Å². The van der Waals surface area contributed by atoms with E-state index in [1.54, 1.807) is 12.1 Å². The molecule has 0 radical (unpaired) electrons. The van der Waals surface area contributed by atoms with Gasteiger partial charge in [-0.3, -0.25) is 4.79 Å². The number of carbonyl (C=O) groups excluding carboxylic acids is 2. The van der Waals surface area contributed by atoms with Crippen LogP contribution in [0, 0.1) is 23.6 Å². The fraction of sp³-hybridized carbons (Fsp3) is 0.680. The average Bonchev–Trinajstić information content (AvgIpc) is 3.15. The molecule has 2 aliphatic heterocycles. The van der Waals surface area contributed by atoms with Crippen molar-refractivity contribution in [2.75, 3.05) is 25.4 Å². The molecule has 4 saturated carbocycles. The Kier molecular flexibility index (Phi) is 4.97. The molecule has 3 amide bonds. The molecule has 1 aromatic rings. The second kappa shape index (κ2) is 7.64. The Morgan fingerprint density at radius 1 is 1.00 bits per heavy atom. The van der Waals surface area contributed by atoms with E-state index in [2.05, 4.69) is 5.32 Å². The molecule has 7 heteroatoms. The van der Waals surface area contributed by atoms with Crippen molar-refractivity contribution >= 4 is 23.7 Å². The highest BCUT2D eigenvalue weighted by molar-refractivity contribution is 8.00. The van der Waals surface area contributed by atoms with Crippen molar-refractivity contribution < 1.29 is 14.0 Å². The van der Waals surface area contributed by atoms with Gasteiger partial charge in [-0.1, -0.05) is 6.07 Å². The molecule has 7 rings (SSSR count). The maximum atomic E-state index is 13.7. The molecule has 32 heavy (non-hydrogen) atoms. The first kappa shape index (κ1) is 20.8. The lowest BCUT2D eigenvalue weighted by atomic mass is 9.53. The van der Waals surface area contributed by atoms with Gasteiger partial charge in [0.2, 0.25) is 0 Å². The zero-order valence-corrected chi connectivity index (χ0v) is 19.3. The first-order chi connectivity index (χ1) is 15.4. The van der Waals surface area contributed by atoms with E-state index in [1.165, 1.54) is 31.4 Å². The van der Waals surface area contributed by atoms with Crippen LogP contribution in [0.25, 0.3) is 0 Å². The van der Waals surface area contributed by atoms with Crippen LogP contribution in [0.4, 0.5) is 9.18 Å². The van der Waals surface area contributed by atoms with Crippen LogP contribution in [0.15, 0.2) is 24.3 Å². The highest BCUT2D eigenvalue weighted by Crippen LogP contribution is 2.55. The summed E-state index contributed by atoms with van der Waals surface area (Å²) in [7, 11) is 0. The minimum Gasteiger partial charge on any atom is -0.333 e. The number of nitrogens with one attached hydrogen (secondary N) is 1. The number of hydrogen-bond acceptors (Lipinski definition) is 3. The number of rotatable bonds is 2. The van der Waals surface area contributed by atoms with E-state index in [9.17, 15) is 14.0 Å². The fourth-order valence-electron chi connectivity index (χ4n) is 7.72. The van der Waals surface area contributed by atoms with Gasteiger partial charge in [0.25, 0.3) is 5.91 Å². The molecule has 172 valence electrons. The molecule has 2 saturated heterocycles. The van der Waals surface area contributed by atoms with Crippen LogP contribution < -0.4 is 5.32 Å². The topological polar surface area (TPSA) is 52.7 Å². The van der Waals surface area contributed by atoms with Gasteiger partial charge >= 0.3 is 6.03 Å². The van der Waals surface area contributed by atoms with Gasteiger partial charge in [0.05, 0.1) is 4.87 Å². The SMILES string of the molecule is O=C(NC12CC3CC(CC(C3)C1)C2)N1CCC2(CC1)SCCN2C(=O)c1cccc(F)c1. The van der Waals surface area contributed by atoms with Gasteiger partial charge in [-0.15, -0.1) is 11.8 Å². The molecule has 5 nitrogen and oxygen atoms in total. The third-order valence-corrected chi connectivity index (χ3v) is 10.3. The molecule has 1 N–H and O–H groups in total. The Bertz CT molecular complexity index is 894. The first-order valence-electron chi connectivity index (χ1n) is 12.2. The summed E-state index contributed by atoms with van der Waals surface area (Å²) in [5.74, 6) is 2.84. The molecule has 1 aromatic carbocycles. The molecule has 6 aliphatic rings. The zero-order valence-electron chi connectivity index (χ0n) is 18.5. The van der Waals surface area contributed by atoms with E-state index < -0.39 is 0 Å². The van der Waals surface area contributed by atoms with Crippen LogP contribution in [-0.4, -0.2) is 57.5 Å². The van der Waals surface area contributed by atoms with E-state index in [1.807, 2.05) is 21.6 Å². The minimum absolute atomic E-state index is 0.0302. The number of nitrogens with zero attached hydrogens (tertiary/aromatic N) is 2. The predicted octanol–water partition coefficient (Wildman–Crippen LogP) is 4.49. The average molecular weight is 458 g/mol. The number of likely N-dealkylation sites (tertiary alicyclic amines) is 1. The van der Waals surface area contributed by atoms with Crippen LogP contribution in [-0.2, 0) is 0 Å². The van der Waals surface area contributed by atoms with Gasteiger partial charge < -0.3 is 15.1 Å². The Balaban J connectivity index is 1.11. The van der Waals surface area contributed by atoms with Crippen LogP contribution in [0.3, 0.4) is 0 Å². The lowest BCUT2D eigenvalue weighted by molar-refractivity contribution is -0.0164. The molecule has 4 bridgehead atoms. The summed E-state index contributed by atoms with van der Waals surface area (Å²) in [6, 6.07) is 6.07. The number of urea groups is 1. The summed E-state index contributed by atoms with van der Waals surface area (Å²) >= 11 is 1.82.